The maximum Gasteiger partial charge on any atom is 0.237 e. The highest BCUT2D eigenvalue weighted by atomic mass is 79.9. The van der Waals surface area contributed by atoms with Crippen molar-refractivity contribution in [3.05, 3.63) is 21.8 Å². The lowest BCUT2D eigenvalue weighted by molar-refractivity contribution is 0.391. The van der Waals surface area contributed by atoms with E-state index in [2.05, 4.69) is 41.6 Å². The van der Waals surface area contributed by atoms with Gasteiger partial charge in [0.25, 0.3) is 0 Å². The lowest BCUT2D eigenvalue weighted by Gasteiger charge is -1.93. The van der Waals surface area contributed by atoms with Crippen LogP contribution in [0, 0.1) is 0 Å². The summed E-state index contributed by atoms with van der Waals surface area (Å²) in [6.07, 6.45) is 0. The predicted octanol–water partition coefficient (Wildman–Crippen LogP) is 2.38. The fourth-order valence-corrected chi connectivity index (χ4v) is 3.35. The second-order valence-corrected chi connectivity index (χ2v) is 6.28. The molecule has 19 heavy (non-hydrogen) atoms. The highest BCUT2D eigenvalue weighted by molar-refractivity contribution is 9.10. The Morgan fingerprint density at radius 2 is 2.42 bits per heavy atom. The van der Waals surface area contributed by atoms with E-state index >= 15 is 0 Å². The zero-order valence-electron chi connectivity index (χ0n) is 9.65. The molecule has 0 aliphatic heterocycles. The van der Waals surface area contributed by atoms with Gasteiger partial charge in [-0.05, 0) is 32.4 Å². The first kappa shape index (κ1) is 12.8. The molecule has 98 valence electrons. The van der Waals surface area contributed by atoms with Crippen LogP contribution in [-0.4, -0.2) is 30.3 Å². The van der Waals surface area contributed by atoms with E-state index in [0.717, 1.165) is 9.35 Å². The molecule has 3 aromatic heterocycles. The summed E-state index contributed by atoms with van der Waals surface area (Å²) in [4.78, 5) is 5.30. The number of thiophene rings is 1. The number of rotatable bonds is 4. The molecule has 0 bridgehead atoms. The highest BCUT2D eigenvalue weighted by Crippen LogP contribution is 2.28. The molecule has 0 fully saturated rings. The van der Waals surface area contributed by atoms with E-state index in [1.165, 1.54) is 11.8 Å². The van der Waals surface area contributed by atoms with Crippen LogP contribution in [0.1, 0.15) is 5.89 Å². The second-order valence-electron chi connectivity index (χ2n) is 3.51. The van der Waals surface area contributed by atoms with Crippen molar-refractivity contribution in [2.45, 2.75) is 10.9 Å². The number of hydrogen-bond acceptors (Lipinski definition) is 8. The smallest absolute Gasteiger partial charge is 0.237 e. The van der Waals surface area contributed by atoms with Gasteiger partial charge in [0, 0.05) is 16.9 Å². The van der Waals surface area contributed by atoms with Gasteiger partial charge >= 0.3 is 0 Å². The van der Waals surface area contributed by atoms with Crippen LogP contribution in [0.2, 0.25) is 0 Å². The number of aryl methyl sites for hydroxylation is 1. The number of tetrazole rings is 1. The topological polar surface area (TPSA) is 82.5 Å². The molecule has 0 unspecified atom stereocenters. The molecule has 3 aromatic rings. The Balaban J connectivity index is 1.70. The van der Waals surface area contributed by atoms with E-state index in [-0.39, 0.29) is 0 Å². The van der Waals surface area contributed by atoms with E-state index in [9.17, 15) is 0 Å². The van der Waals surface area contributed by atoms with Gasteiger partial charge in [-0.15, -0.1) is 16.4 Å². The van der Waals surface area contributed by atoms with E-state index < -0.39 is 0 Å². The Hall–Kier alpha value is -1.26. The van der Waals surface area contributed by atoms with E-state index in [1.54, 1.807) is 23.1 Å². The Bertz CT molecular complexity index is 692. The Morgan fingerprint density at radius 3 is 3.11 bits per heavy atom. The van der Waals surface area contributed by atoms with Crippen molar-refractivity contribution in [1.29, 1.82) is 0 Å². The number of thioether (sulfide) groups is 1. The summed E-state index contributed by atoms with van der Waals surface area (Å²) in [5, 5.41) is 17.8. The molecule has 0 radical (unpaired) electrons. The van der Waals surface area contributed by atoms with Crippen LogP contribution in [0.5, 0.6) is 0 Å². The first-order valence-electron chi connectivity index (χ1n) is 5.14. The lowest BCUT2D eigenvalue weighted by atomic mass is 10.4. The van der Waals surface area contributed by atoms with Gasteiger partial charge in [0.15, 0.2) is 0 Å². The van der Waals surface area contributed by atoms with Crippen molar-refractivity contribution in [3.8, 4) is 10.7 Å². The van der Waals surface area contributed by atoms with Gasteiger partial charge in [0.2, 0.25) is 16.9 Å². The van der Waals surface area contributed by atoms with Crippen LogP contribution in [0.4, 0.5) is 0 Å². The Labute approximate surface area is 124 Å². The summed E-state index contributed by atoms with van der Waals surface area (Å²) in [6, 6.07) is 1.96. The van der Waals surface area contributed by atoms with Crippen LogP contribution in [0.25, 0.3) is 10.7 Å². The van der Waals surface area contributed by atoms with Gasteiger partial charge in [-0.1, -0.05) is 16.9 Å². The minimum atomic E-state index is 0.535. The van der Waals surface area contributed by atoms with Crippen molar-refractivity contribution >= 4 is 39.0 Å². The zero-order valence-corrected chi connectivity index (χ0v) is 12.9. The molecule has 3 rings (SSSR count). The maximum atomic E-state index is 5.20. The fraction of sp³-hybridized carbons (Fsp3) is 0.222. The van der Waals surface area contributed by atoms with Crippen LogP contribution in [-0.2, 0) is 12.8 Å². The molecule has 0 saturated heterocycles. The molecule has 0 aliphatic carbocycles. The number of halogens is 1. The maximum absolute atomic E-state index is 5.20. The number of aromatic nitrogens is 6. The molecule has 0 aliphatic rings. The van der Waals surface area contributed by atoms with Crippen LogP contribution in [0.15, 0.2) is 25.6 Å². The van der Waals surface area contributed by atoms with Gasteiger partial charge in [0.1, 0.15) is 0 Å². The normalized spacial score (nSPS) is 11.1. The lowest BCUT2D eigenvalue weighted by Crippen LogP contribution is -1.93. The minimum absolute atomic E-state index is 0.535. The predicted molar refractivity (Wildman–Crippen MR) is 73.7 cm³/mol. The first-order chi connectivity index (χ1) is 9.22. The molecular formula is C9H7BrN6OS2. The van der Waals surface area contributed by atoms with Crippen molar-refractivity contribution in [2.24, 2.45) is 7.05 Å². The van der Waals surface area contributed by atoms with E-state index in [1.807, 2.05) is 11.4 Å². The first-order valence-corrected chi connectivity index (χ1v) is 7.80. The minimum Gasteiger partial charge on any atom is -0.338 e. The molecule has 0 spiro atoms. The Morgan fingerprint density at radius 1 is 1.53 bits per heavy atom. The zero-order chi connectivity index (χ0) is 13.2. The molecule has 7 nitrogen and oxygen atoms in total. The summed E-state index contributed by atoms with van der Waals surface area (Å²) in [5.41, 5.74) is 0. The average Bonchev–Trinajstić information content (AvgIpc) is 3.08. The van der Waals surface area contributed by atoms with Crippen LogP contribution < -0.4 is 0 Å². The van der Waals surface area contributed by atoms with E-state index in [0.29, 0.717) is 22.6 Å². The van der Waals surface area contributed by atoms with Gasteiger partial charge in [0.05, 0.1) is 10.6 Å². The third-order valence-electron chi connectivity index (χ3n) is 2.16. The van der Waals surface area contributed by atoms with Gasteiger partial charge < -0.3 is 4.52 Å². The summed E-state index contributed by atoms with van der Waals surface area (Å²) in [5.74, 6) is 1.68. The number of nitrogens with zero attached hydrogens (tertiary/aromatic N) is 6. The second kappa shape index (κ2) is 5.39. The largest absolute Gasteiger partial charge is 0.338 e. The molecule has 0 aromatic carbocycles. The van der Waals surface area contributed by atoms with E-state index in [4.69, 9.17) is 4.52 Å². The standard InChI is InChI=1S/C9H7BrN6OS2/c1-16-9(12-14-15-16)19-4-7-11-8(13-17-7)6-2-5(10)3-18-6/h2-3H,4H2,1H3. The third-order valence-corrected chi connectivity index (χ3v) is 4.84. The van der Waals surface area contributed by atoms with Crippen molar-refractivity contribution < 1.29 is 4.52 Å². The van der Waals surface area contributed by atoms with Crippen LogP contribution in [0.3, 0.4) is 0 Å². The molecule has 10 heteroatoms. The van der Waals surface area contributed by atoms with Crippen molar-refractivity contribution in [1.82, 2.24) is 30.3 Å². The monoisotopic (exact) mass is 358 g/mol. The third kappa shape index (κ3) is 2.85. The van der Waals surface area contributed by atoms with Gasteiger partial charge in [-0.25, -0.2) is 4.68 Å². The molecule has 0 atom stereocenters. The fourth-order valence-electron chi connectivity index (χ4n) is 1.31. The van der Waals surface area contributed by atoms with Gasteiger partial charge in [-0.3, -0.25) is 0 Å². The molecule has 3 heterocycles. The molecular weight excluding hydrogens is 352 g/mol. The van der Waals surface area contributed by atoms with Crippen molar-refractivity contribution in [2.75, 3.05) is 0 Å². The number of hydrogen-bond donors (Lipinski definition) is 0. The summed E-state index contributed by atoms with van der Waals surface area (Å²) in [6.45, 7) is 0. The SMILES string of the molecule is Cn1nnnc1SCc1nc(-c2cc(Br)cs2)no1. The summed E-state index contributed by atoms with van der Waals surface area (Å²) < 4.78 is 7.81. The quantitative estimate of drug-likeness (QED) is 0.662. The average molecular weight is 359 g/mol. The summed E-state index contributed by atoms with van der Waals surface area (Å²) >= 11 is 6.40. The Kier molecular flexibility index (Phi) is 3.62. The molecule has 0 amide bonds. The summed E-state index contributed by atoms with van der Waals surface area (Å²) in [7, 11) is 1.78. The van der Waals surface area contributed by atoms with Gasteiger partial charge in [-0.2, -0.15) is 4.98 Å². The molecule has 0 saturated carbocycles. The van der Waals surface area contributed by atoms with Crippen LogP contribution >= 0.6 is 39.0 Å². The highest BCUT2D eigenvalue weighted by Gasteiger charge is 2.12. The molecule has 0 N–H and O–H groups in total. The van der Waals surface area contributed by atoms with Crippen molar-refractivity contribution in [3.63, 3.8) is 0 Å².